The molecule has 3 aromatic carbocycles. The first-order valence-electron chi connectivity index (χ1n) is 15.5. The summed E-state index contributed by atoms with van der Waals surface area (Å²) in [4.78, 5) is 33.5. The summed E-state index contributed by atoms with van der Waals surface area (Å²) in [5.41, 5.74) is 2.42. The van der Waals surface area contributed by atoms with Crippen LogP contribution in [0.25, 0.3) is 0 Å². The van der Waals surface area contributed by atoms with Gasteiger partial charge in [0.1, 0.15) is 5.01 Å². The highest BCUT2D eigenvalue weighted by Gasteiger charge is 2.33. The van der Waals surface area contributed by atoms with Gasteiger partial charge in [0, 0.05) is 54.6 Å². The van der Waals surface area contributed by atoms with Gasteiger partial charge in [-0.25, -0.2) is 4.98 Å². The number of thiazole rings is 1. The second kappa shape index (κ2) is 15.1. The van der Waals surface area contributed by atoms with Crippen molar-refractivity contribution in [2.75, 3.05) is 25.5 Å². The molecule has 248 valence electrons. The molecule has 1 saturated heterocycles. The van der Waals surface area contributed by atoms with Gasteiger partial charge in [-0.05, 0) is 73.7 Å². The Morgan fingerprint density at radius 1 is 1.04 bits per heavy atom. The first kappa shape index (κ1) is 34.1. The summed E-state index contributed by atoms with van der Waals surface area (Å²) in [6.45, 7) is 2.61. The molecule has 1 aliphatic heterocycles. The molecule has 4 aromatic rings. The predicted molar refractivity (Wildman–Crippen MR) is 176 cm³/mol. The molecule has 8 nitrogen and oxygen atoms in total. The van der Waals surface area contributed by atoms with Gasteiger partial charge in [0.05, 0.1) is 23.8 Å². The number of carbonyl (C=O) groups excluding carboxylic acids is 2. The number of nitrogens with zero attached hydrogens (tertiary/aromatic N) is 2. The molecular formula is C35H38F3N5O3S. The molecule has 2 amide bonds. The molecule has 47 heavy (non-hydrogen) atoms. The Balaban J connectivity index is 1.28. The maximum Gasteiger partial charge on any atom is 0.416 e. The van der Waals surface area contributed by atoms with E-state index in [1.807, 2.05) is 47.5 Å². The first-order chi connectivity index (χ1) is 22.5. The van der Waals surface area contributed by atoms with Crippen LogP contribution in [0.15, 0.2) is 78.2 Å². The van der Waals surface area contributed by atoms with Crippen LogP contribution in [0.3, 0.4) is 0 Å². The average molecular weight is 666 g/mol. The van der Waals surface area contributed by atoms with E-state index in [0.29, 0.717) is 29.8 Å². The van der Waals surface area contributed by atoms with Gasteiger partial charge in [0.25, 0.3) is 11.8 Å². The highest BCUT2D eigenvalue weighted by Crippen LogP contribution is 2.35. The van der Waals surface area contributed by atoms with E-state index < -0.39 is 29.8 Å². The second-order valence-electron chi connectivity index (χ2n) is 11.7. The average Bonchev–Trinajstić information content (AvgIpc) is 3.73. The summed E-state index contributed by atoms with van der Waals surface area (Å²) in [7, 11) is 1.55. The Labute approximate surface area is 276 Å². The van der Waals surface area contributed by atoms with Gasteiger partial charge >= 0.3 is 6.18 Å². The number of carbonyl (C=O) groups is 2. The minimum absolute atomic E-state index is 0.00795. The van der Waals surface area contributed by atoms with Gasteiger partial charge in [0.2, 0.25) is 0 Å². The lowest BCUT2D eigenvalue weighted by molar-refractivity contribution is -0.137. The van der Waals surface area contributed by atoms with Crippen molar-refractivity contribution >= 4 is 28.8 Å². The predicted octanol–water partition coefficient (Wildman–Crippen LogP) is 5.98. The normalized spacial score (nSPS) is 16.1. The number of aliphatic hydroxyl groups is 1. The van der Waals surface area contributed by atoms with Crippen LogP contribution < -0.4 is 16.0 Å². The fourth-order valence-corrected chi connectivity index (χ4v) is 6.71. The van der Waals surface area contributed by atoms with Crippen molar-refractivity contribution in [3.8, 4) is 0 Å². The SMILES string of the molecule is CNc1cc(CNC[C@H](O)[C@H](Cc2ccccc2)NC(=O)c2cccc(C(=O)N3CCC[C@@H]3c3nc(C)cs3)c2)cc(C(F)(F)F)c1. The molecule has 5 rings (SSSR count). The number of hydrogen-bond donors (Lipinski definition) is 4. The Morgan fingerprint density at radius 2 is 1.81 bits per heavy atom. The van der Waals surface area contributed by atoms with Crippen molar-refractivity contribution in [1.29, 1.82) is 0 Å². The molecule has 0 saturated carbocycles. The van der Waals surface area contributed by atoms with E-state index in [4.69, 9.17) is 0 Å². The number of hydrogen-bond acceptors (Lipinski definition) is 7. The van der Waals surface area contributed by atoms with Gasteiger partial charge in [-0.3, -0.25) is 9.59 Å². The van der Waals surface area contributed by atoms with Crippen molar-refractivity contribution in [2.24, 2.45) is 0 Å². The Hall–Kier alpha value is -4.26. The van der Waals surface area contributed by atoms with Gasteiger partial charge in [-0.2, -0.15) is 13.2 Å². The smallest absolute Gasteiger partial charge is 0.390 e. The molecule has 4 N–H and O–H groups in total. The lowest BCUT2D eigenvalue weighted by Gasteiger charge is -2.25. The summed E-state index contributed by atoms with van der Waals surface area (Å²) < 4.78 is 40.2. The van der Waals surface area contributed by atoms with Crippen LogP contribution in [0.2, 0.25) is 0 Å². The van der Waals surface area contributed by atoms with Gasteiger partial charge in [-0.1, -0.05) is 36.4 Å². The largest absolute Gasteiger partial charge is 0.416 e. The number of rotatable bonds is 12. The molecule has 0 aliphatic carbocycles. The molecule has 12 heteroatoms. The number of nitrogens with one attached hydrogen (secondary N) is 3. The van der Waals surface area contributed by atoms with E-state index in [9.17, 15) is 27.9 Å². The van der Waals surface area contributed by atoms with E-state index >= 15 is 0 Å². The van der Waals surface area contributed by atoms with Crippen LogP contribution in [0, 0.1) is 6.92 Å². The summed E-state index contributed by atoms with van der Waals surface area (Å²) in [6.07, 6.45) is -3.57. The van der Waals surface area contributed by atoms with Crippen molar-refractivity contribution in [3.63, 3.8) is 0 Å². The molecule has 0 bridgehead atoms. The second-order valence-corrected chi connectivity index (χ2v) is 12.6. The van der Waals surface area contributed by atoms with Crippen LogP contribution in [-0.2, 0) is 19.1 Å². The zero-order chi connectivity index (χ0) is 33.6. The number of alkyl halides is 3. The zero-order valence-corrected chi connectivity index (χ0v) is 27.0. The highest BCUT2D eigenvalue weighted by molar-refractivity contribution is 7.09. The van der Waals surface area contributed by atoms with E-state index in [1.54, 1.807) is 48.7 Å². The van der Waals surface area contributed by atoms with Crippen molar-refractivity contribution in [2.45, 2.75) is 57.1 Å². The topological polar surface area (TPSA) is 107 Å². The number of anilines is 1. The minimum Gasteiger partial charge on any atom is -0.390 e. The summed E-state index contributed by atoms with van der Waals surface area (Å²) >= 11 is 1.54. The number of likely N-dealkylation sites (tertiary alicyclic amines) is 1. The monoisotopic (exact) mass is 665 g/mol. The van der Waals surface area contributed by atoms with E-state index in [0.717, 1.165) is 41.2 Å². The van der Waals surface area contributed by atoms with Crippen molar-refractivity contribution in [3.05, 3.63) is 117 Å². The van der Waals surface area contributed by atoms with Gasteiger partial charge in [-0.15, -0.1) is 11.3 Å². The number of aliphatic hydroxyl groups excluding tert-OH is 1. The molecule has 0 spiro atoms. The maximum absolute atomic E-state index is 13.6. The minimum atomic E-state index is -4.50. The lowest BCUT2D eigenvalue weighted by atomic mass is 10.00. The quantitative estimate of drug-likeness (QED) is 0.148. The Morgan fingerprint density at radius 3 is 2.51 bits per heavy atom. The molecule has 3 atom stereocenters. The van der Waals surface area contributed by atoms with Crippen LogP contribution in [0.5, 0.6) is 0 Å². The first-order valence-corrected chi connectivity index (χ1v) is 16.4. The van der Waals surface area contributed by atoms with Crippen molar-refractivity contribution < 1.29 is 27.9 Å². The number of aryl methyl sites for hydroxylation is 1. The van der Waals surface area contributed by atoms with E-state index in [2.05, 4.69) is 20.9 Å². The van der Waals surface area contributed by atoms with Crippen LogP contribution >= 0.6 is 11.3 Å². The molecule has 0 radical (unpaired) electrons. The fraction of sp³-hybridized carbons (Fsp3) is 0.343. The third kappa shape index (κ3) is 8.76. The Kier molecular flexibility index (Phi) is 10.9. The van der Waals surface area contributed by atoms with Crippen LogP contribution in [-0.4, -0.2) is 59.1 Å². The summed E-state index contributed by atoms with van der Waals surface area (Å²) in [6, 6.07) is 18.8. The van der Waals surface area contributed by atoms with Crippen LogP contribution in [0.1, 0.15) is 67.0 Å². The van der Waals surface area contributed by atoms with E-state index in [1.165, 1.54) is 0 Å². The fourth-order valence-electron chi connectivity index (χ4n) is 5.76. The Bertz CT molecular complexity index is 1680. The van der Waals surface area contributed by atoms with Crippen molar-refractivity contribution in [1.82, 2.24) is 20.5 Å². The molecule has 1 fully saturated rings. The maximum atomic E-state index is 13.6. The third-order valence-corrected chi connectivity index (χ3v) is 9.24. The van der Waals surface area contributed by atoms with Gasteiger partial charge in [0.15, 0.2) is 0 Å². The molecule has 2 heterocycles. The molecule has 1 aromatic heterocycles. The standard InChI is InChI=1S/C35H38F3N5O3S/c1-22-21-47-33(41-22)30-12-7-13-43(30)34(46)26-11-6-10-25(17-26)32(45)42-29(16-23-8-4-3-5-9-23)31(44)20-40-19-24-14-27(35(36,37)38)18-28(15-24)39-2/h3-6,8-11,14-15,17-18,21,29-31,39-40,44H,7,12-13,16,19-20H2,1-2H3,(H,42,45)/t29-,30+,31-/m0/s1. The summed E-state index contributed by atoms with van der Waals surface area (Å²) in [5.74, 6) is -0.624. The molecule has 0 unspecified atom stereocenters. The number of benzene rings is 3. The molecule has 1 aliphatic rings. The summed E-state index contributed by atoms with van der Waals surface area (Å²) in [5, 5.41) is 22.8. The van der Waals surface area contributed by atoms with Crippen LogP contribution in [0.4, 0.5) is 18.9 Å². The number of aromatic nitrogens is 1. The number of halogens is 3. The van der Waals surface area contributed by atoms with Gasteiger partial charge < -0.3 is 26.0 Å². The highest BCUT2D eigenvalue weighted by atomic mass is 32.1. The zero-order valence-electron chi connectivity index (χ0n) is 26.2. The number of amides is 2. The third-order valence-electron chi connectivity index (χ3n) is 8.18. The van der Waals surface area contributed by atoms with E-state index in [-0.39, 0.29) is 30.6 Å². The lowest BCUT2D eigenvalue weighted by Crippen LogP contribution is -2.48. The molecular weight excluding hydrogens is 627 g/mol.